The molecule has 2 fully saturated rings. The van der Waals surface area contributed by atoms with Gasteiger partial charge in [0.25, 0.3) is 0 Å². The summed E-state index contributed by atoms with van der Waals surface area (Å²) in [6.07, 6.45) is 9.36. The van der Waals surface area contributed by atoms with E-state index in [0.29, 0.717) is 12.5 Å². The number of nitrogens with one attached hydrogen (secondary N) is 2. The molecule has 1 aromatic heterocycles. The third-order valence-corrected chi connectivity index (χ3v) is 7.89. The molecule has 1 aromatic rings. The first-order valence-electron chi connectivity index (χ1n) is 11.6. The summed E-state index contributed by atoms with van der Waals surface area (Å²) in [7, 11) is 0. The second-order valence-corrected chi connectivity index (χ2v) is 9.50. The van der Waals surface area contributed by atoms with Crippen molar-refractivity contribution < 1.29 is 9.59 Å². The van der Waals surface area contributed by atoms with Crippen LogP contribution in [0.25, 0.3) is 0 Å². The van der Waals surface area contributed by atoms with Crippen molar-refractivity contribution in [1.82, 2.24) is 20.1 Å². The molecule has 2 N–H and O–H groups in total. The molecule has 0 radical (unpaired) electrons. The van der Waals surface area contributed by atoms with Crippen LogP contribution in [0.4, 0.5) is 0 Å². The standard InChI is InChI=1S/C23H34N4O2/c1-2-3-11-27-15-24-22(29)23(27)9-12-26(13-10-23)14-16-7-8-19-20(21(16)28)17-5-4-6-18(17)25-19/h16,25H,2-15H2,1H3,(H,24,29). The molecule has 1 atom stereocenters. The molecular weight excluding hydrogens is 364 g/mol. The van der Waals surface area contributed by atoms with Crippen LogP contribution in [0.5, 0.6) is 0 Å². The highest BCUT2D eigenvalue weighted by atomic mass is 16.2. The summed E-state index contributed by atoms with van der Waals surface area (Å²) in [6, 6.07) is 0. The van der Waals surface area contributed by atoms with Gasteiger partial charge in [-0.25, -0.2) is 0 Å². The number of amides is 1. The minimum atomic E-state index is -0.309. The zero-order valence-electron chi connectivity index (χ0n) is 17.7. The van der Waals surface area contributed by atoms with Gasteiger partial charge in [0.15, 0.2) is 5.78 Å². The molecule has 0 aromatic carbocycles. The van der Waals surface area contributed by atoms with E-state index in [9.17, 15) is 9.59 Å². The molecular formula is C23H34N4O2. The van der Waals surface area contributed by atoms with Crippen LogP contribution in [0, 0.1) is 5.92 Å². The molecule has 0 saturated carbocycles. The maximum atomic E-state index is 13.3. The number of likely N-dealkylation sites (tertiary alicyclic amines) is 1. The maximum Gasteiger partial charge on any atom is 0.241 e. The number of aromatic nitrogens is 1. The van der Waals surface area contributed by atoms with Crippen molar-refractivity contribution in [2.45, 2.75) is 70.3 Å². The summed E-state index contributed by atoms with van der Waals surface area (Å²) in [5, 5.41) is 3.09. The van der Waals surface area contributed by atoms with Crippen LogP contribution in [0.15, 0.2) is 0 Å². The molecule has 1 amide bonds. The second-order valence-electron chi connectivity index (χ2n) is 9.50. The first-order valence-corrected chi connectivity index (χ1v) is 11.6. The van der Waals surface area contributed by atoms with E-state index in [0.717, 1.165) is 83.1 Å². The van der Waals surface area contributed by atoms with Crippen LogP contribution in [0.3, 0.4) is 0 Å². The molecule has 6 nitrogen and oxygen atoms in total. The van der Waals surface area contributed by atoms with Gasteiger partial charge in [-0.05, 0) is 56.9 Å². The largest absolute Gasteiger partial charge is 0.361 e. The van der Waals surface area contributed by atoms with E-state index in [1.165, 1.54) is 23.4 Å². The van der Waals surface area contributed by atoms with Crippen molar-refractivity contribution in [2.24, 2.45) is 5.92 Å². The number of aryl methyl sites for hydroxylation is 2. The Kier molecular flexibility index (Phi) is 5.03. The summed E-state index contributed by atoms with van der Waals surface area (Å²) < 4.78 is 0. The average Bonchev–Trinajstić information content (AvgIpc) is 3.39. The lowest BCUT2D eigenvalue weighted by molar-refractivity contribution is -0.129. The normalized spacial score (nSPS) is 26.7. The number of nitrogens with zero attached hydrogens (tertiary/aromatic N) is 2. The molecule has 0 bridgehead atoms. The number of hydrogen-bond acceptors (Lipinski definition) is 4. The number of Topliss-reactive ketones (excluding diaryl/α,β-unsaturated/α-hetero) is 1. The van der Waals surface area contributed by atoms with Gasteiger partial charge in [-0.15, -0.1) is 0 Å². The molecule has 4 aliphatic rings. The average molecular weight is 399 g/mol. The summed E-state index contributed by atoms with van der Waals surface area (Å²) in [5.41, 5.74) is 4.58. The Morgan fingerprint density at radius 2 is 1.93 bits per heavy atom. The van der Waals surface area contributed by atoms with Gasteiger partial charge in [0, 0.05) is 49.0 Å². The highest BCUT2D eigenvalue weighted by Gasteiger charge is 2.50. The number of carbonyl (C=O) groups is 2. The number of ketones is 1. The molecule has 2 aliphatic heterocycles. The van der Waals surface area contributed by atoms with Crippen molar-refractivity contribution in [2.75, 3.05) is 32.8 Å². The first-order chi connectivity index (χ1) is 14.1. The molecule has 2 saturated heterocycles. The summed E-state index contributed by atoms with van der Waals surface area (Å²) in [5.74, 6) is 0.703. The highest BCUT2D eigenvalue weighted by Crippen LogP contribution is 2.36. The van der Waals surface area contributed by atoms with E-state index in [-0.39, 0.29) is 17.4 Å². The van der Waals surface area contributed by atoms with Gasteiger partial charge in [-0.3, -0.25) is 14.5 Å². The Morgan fingerprint density at radius 1 is 1.10 bits per heavy atom. The number of piperidine rings is 1. The van der Waals surface area contributed by atoms with Gasteiger partial charge in [-0.1, -0.05) is 13.3 Å². The Labute approximate surface area is 173 Å². The molecule has 1 spiro atoms. The Balaban J connectivity index is 1.23. The monoisotopic (exact) mass is 398 g/mol. The smallest absolute Gasteiger partial charge is 0.241 e. The SMILES string of the molecule is CCCCN1CNC(=O)C12CCN(CC1CCc3[nH]c4c(c3C1=O)CCC4)CC2. The number of H-pyrrole nitrogens is 1. The molecule has 29 heavy (non-hydrogen) atoms. The van der Waals surface area contributed by atoms with Crippen LogP contribution in [-0.4, -0.2) is 64.9 Å². The predicted molar refractivity (Wildman–Crippen MR) is 112 cm³/mol. The van der Waals surface area contributed by atoms with Crippen LogP contribution in [-0.2, 0) is 24.1 Å². The van der Waals surface area contributed by atoms with E-state index in [1.54, 1.807) is 0 Å². The van der Waals surface area contributed by atoms with Crippen molar-refractivity contribution in [3.63, 3.8) is 0 Å². The first kappa shape index (κ1) is 19.3. The van der Waals surface area contributed by atoms with E-state index < -0.39 is 0 Å². The van der Waals surface area contributed by atoms with Crippen molar-refractivity contribution in [3.05, 3.63) is 22.5 Å². The zero-order valence-corrected chi connectivity index (χ0v) is 17.7. The van der Waals surface area contributed by atoms with Crippen molar-refractivity contribution >= 4 is 11.7 Å². The van der Waals surface area contributed by atoms with Gasteiger partial charge in [0.2, 0.25) is 5.91 Å². The lowest BCUT2D eigenvalue weighted by atomic mass is 9.82. The van der Waals surface area contributed by atoms with Gasteiger partial charge >= 0.3 is 0 Å². The summed E-state index contributed by atoms with van der Waals surface area (Å²) in [6.45, 7) is 6.58. The van der Waals surface area contributed by atoms with Crippen LogP contribution in [0.1, 0.15) is 72.8 Å². The fraction of sp³-hybridized carbons (Fsp3) is 0.739. The number of hydrogen-bond donors (Lipinski definition) is 2. The van der Waals surface area contributed by atoms with E-state index in [2.05, 4.69) is 27.0 Å². The third-order valence-electron chi connectivity index (χ3n) is 7.89. The van der Waals surface area contributed by atoms with Gasteiger partial charge in [0.1, 0.15) is 5.54 Å². The zero-order chi connectivity index (χ0) is 20.0. The minimum Gasteiger partial charge on any atom is -0.361 e. The minimum absolute atomic E-state index is 0.116. The lowest BCUT2D eigenvalue weighted by Crippen LogP contribution is -2.57. The van der Waals surface area contributed by atoms with Crippen molar-refractivity contribution in [1.29, 1.82) is 0 Å². The lowest BCUT2D eigenvalue weighted by Gasteiger charge is -2.43. The van der Waals surface area contributed by atoms with Crippen LogP contribution < -0.4 is 5.32 Å². The van der Waals surface area contributed by atoms with Crippen molar-refractivity contribution in [3.8, 4) is 0 Å². The number of unbranched alkanes of at least 4 members (excludes halogenated alkanes) is 1. The Hall–Kier alpha value is -1.66. The Bertz CT molecular complexity index is 806. The third kappa shape index (κ3) is 3.15. The van der Waals surface area contributed by atoms with Gasteiger partial charge in [-0.2, -0.15) is 0 Å². The molecule has 2 aliphatic carbocycles. The summed E-state index contributed by atoms with van der Waals surface area (Å²) in [4.78, 5) is 34.3. The fourth-order valence-corrected chi connectivity index (χ4v) is 6.13. The van der Waals surface area contributed by atoms with Crippen LogP contribution >= 0.6 is 0 Å². The Morgan fingerprint density at radius 3 is 2.72 bits per heavy atom. The summed E-state index contributed by atoms with van der Waals surface area (Å²) >= 11 is 0. The second kappa shape index (κ2) is 7.55. The topological polar surface area (TPSA) is 68.4 Å². The number of carbonyl (C=O) groups excluding carboxylic acids is 2. The fourth-order valence-electron chi connectivity index (χ4n) is 6.13. The molecule has 6 heteroatoms. The van der Waals surface area contributed by atoms with Crippen LogP contribution in [0.2, 0.25) is 0 Å². The molecule has 3 heterocycles. The van der Waals surface area contributed by atoms with E-state index >= 15 is 0 Å². The molecule has 1 unspecified atom stereocenters. The quantitative estimate of drug-likeness (QED) is 0.798. The highest BCUT2D eigenvalue weighted by molar-refractivity contribution is 6.02. The number of fused-ring (bicyclic) bond motifs is 3. The van der Waals surface area contributed by atoms with Gasteiger partial charge < -0.3 is 15.2 Å². The number of rotatable bonds is 5. The maximum absolute atomic E-state index is 13.3. The number of aromatic amines is 1. The van der Waals surface area contributed by atoms with Gasteiger partial charge in [0.05, 0.1) is 6.67 Å². The molecule has 5 rings (SSSR count). The predicted octanol–water partition coefficient (Wildman–Crippen LogP) is 2.27. The van der Waals surface area contributed by atoms with E-state index in [4.69, 9.17) is 0 Å². The van der Waals surface area contributed by atoms with E-state index in [1.807, 2.05) is 0 Å². The molecule has 158 valence electrons.